The van der Waals surface area contributed by atoms with Crippen molar-refractivity contribution < 1.29 is 0 Å². The monoisotopic (exact) mass is 318 g/mol. The molecule has 114 valence electrons. The number of aromatic nitrogens is 2. The zero-order chi connectivity index (χ0) is 13.3. The first-order valence-electron chi connectivity index (χ1n) is 6.92. The van der Waals surface area contributed by atoms with Crippen molar-refractivity contribution in [3.63, 3.8) is 0 Å². The second-order valence-corrected chi connectivity index (χ2v) is 6.67. The molecule has 0 radical (unpaired) electrons. The lowest BCUT2D eigenvalue weighted by Crippen LogP contribution is -2.49. The summed E-state index contributed by atoms with van der Waals surface area (Å²) in [6, 6.07) is 0. The number of nitrogen functional groups attached to an aromatic ring is 1. The third-order valence-corrected chi connectivity index (χ3v) is 4.93. The number of hydrogen-bond donors (Lipinski definition) is 2. The number of rotatable bonds is 3. The van der Waals surface area contributed by atoms with E-state index in [2.05, 4.69) is 31.4 Å². The van der Waals surface area contributed by atoms with Gasteiger partial charge in [0.05, 0.1) is 0 Å². The van der Waals surface area contributed by atoms with Gasteiger partial charge in [-0.05, 0) is 18.4 Å². The lowest BCUT2D eigenvalue weighted by atomic mass is 9.89. The van der Waals surface area contributed by atoms with E-state index < -0.39 is 0 Å². The third-order valence-electron chi connectivity index (χ3n) is 4.14. The molecule has 8 heteroatoms. The first kappa shape index (κ1) is 15.8. The number of nitrogens with one attached hydrogen (secondary N) is 1. The number of halogens is 1. The molecular weight excluding hydrogens is 296 g/mol. The summed E-state index contributed by atoms with van der Waals surface area (Å²) in [5, 5.41) is 4.44. The SMILES string of the molecule is CC1(CN2CCN(c3nc(N)ns3)CC2)CCNC1.Cl. The summed E-state index contributed by atoms with van der Waals surface area (Å²) in [6.45, 7) is 10.2. The molecule has 0 amide bonds. The Balaban J connectivity index is 0.00000147. The largest absolute Gasteiger partial charge is 0.367 e. The molecule has 2 fully saturated rings. The van der Waals surface area contributed by atoms with Gasteiger partial charge in [0.25, 0.3) is 0 Å². The Hall–Kier alpha value is -0.630. The Morgan fingerprint density at radius 1 is 1.35 bits per heavy atom. The molecule has 1 aromatic rings. The van der Waals surface area contributed by atoms with Crippen molar-refractivity contribution in [3.05, 3.63) is 0 Å². The van der Waals surface area contributed by atoms with E-state index in [0.717, 1.165) is 37.9 Å². The van der Waals surface area contributed by atoms with Crippen LogP contribution in [0.3, 0.4) is 0 Å². The van der Waals surface area contributed by atoms with E-state index in [1.165, 1.54) is 31.0 Å². The Morgan fingerprint density at radius 3 is 2.65 bits per heavy atom. The predicted molar refractivity (Wildman–Crippen MR) is 85.8 cm³/mol. The molecular formula is C12H23ClN6S. The van der Waals surface area contributed by atoms with Crippen LogP contribution in [-0.4, -0.2) is 60.1 Å². The zero-order valence-electron chi connectivity index (χ0n) is 11.8. The van der Waals surface area contributed by atoms with Crippen LogP contribution in [0.2, 0.25) is 0 Å². The maximum absolute atomic E-state index is 5.58. The van der Waals surface area contributed by atoms with Gasteiger partial charge in [0, 0.05) is 50.8 Å². The van der Waals surface area contributed by atoms with Crippen LogP contribution in [0.1, 0.15) is 13.3 Å². The maximum Gasteiger partial charge on any atom is 0.233 e. The minimum atomic E-state index is 0. The van der Waals surface area contributed by atoms with Crippen molar-refractivity contribution in [1.82, 2.24) is 19.6 Å². The van der Waals surface area contributed by atoms with E-state index in [-0.39, 0.29) is 12.4 Å². The van der Waals surface area contributed by atoms with Gasteiger partial charge >= 0.3 is 0 Å². The standard InChI is InChI=1S/C12H22N6S.ClH/c1-12(2-3-14-8-12)9-17-4-6-18(7-5-17)11-15-10(13)16-19-11;/h14H,2-9H2,1H3,(H2,13,16);1H. The van der Waals surface area contributed by atoms with E-state index in [9.17, 15) is 0 Å². The fraction of sp³-hybridized carbons (Fsp3) is 0.833. The summed E-state index contributed by atoms with van der Waals surface area (Å²) >= 11 is 1.40. The van der Waals surface area contributed by atoms with Crippen LogP contribution in [0.4, 0.5) is 11.1 Å². The smallest absolute Gasteiger partial charge is 0.233 e. The number of hydrogen-bond acceptors (Lipinski definition) is 7. The van der Waals surface area contributed by atoms with Gasteiger partial charge in [0.15, 0.2) is 0 Å². The summed E-state index contributed by atoms with van der Waals surface area (Å²) in [6.07, 6.45) is 1.29. The summed E-state index contributed by atoms with van der Waals surface area (Å²) in [5.41, 5.74) is 6.04. The molecule has 2 saturated heterocycles. The van der Waals surface area contributed by atoms with Crippen molar-refractivity contribution >= 4 is 35.0 Å². The van der Waals surface area contributed by atoms with Crippen LogP contribution < -0.4 is 16.0 Å². The topological polar surface area (TPSA) is 70.3 Å². The van der Waals surface area contributed by atoms with Crippen LogP contribution in [-0.2, 0) is 0 Å². The number of nitrogens with zero attached hydrogens (tertiary/aromatic N) is 4. The van der Waals surface area contributed by atoms with Gasteiger partial charge in [-0.15, -0.1) is 12.4 Å². The fourth-order valence-corrected chi connectivity index (χ4v) is 3.64. The molecule has 6 nitrogen and oxygen atoms in total. The molecule has 0 aliphatic carbocycles. The van der Waals surface area contributed by atoms with Crippen LogP contribution >= 0.6 is 23.9 Å². The van der Waals surface area contributed by atoms with Gasteiger partial charge in [0.2, 0.25) is 11.1 Å². The van der Waals surface area contributed by atoms with Crippen molar-refractivity contribution in [1.29, 1.82) is 0 Å². The van der Waals surface area contributed by atoms with E-state index >= 15 is 0 Å². The van der Waals surface area contributed by atoms with Gasteiger partial charge < -0.3 is 16.0 Å². The third kappa shape index (κ3) is 3.52. The van der Waals surface area contributed by atoms with Gasteiger partial charge in [0.1, 0.15) is 0 Å². The first-order valence-corrected chi connectivity index (χ1v) is 7.69. The average Bonchev–Trinajstić information content (AvgIpc) is 3.00. The van der Waals surface area contributed by atoms with E-state index in [0.29, 0.717) is 11.4 Å². The molecule has 3 heterocycles. The molecule has 3 N–H and O–H groups in total. The van der Waals surface area contributed by atoms with Crippen molar-refractivity contribution in [2.45, 2.75) is 13.3 Å². The second-order valence-electron chi connectivity index (χ2n) is 5.94. The molecule has 1 aromatic heterocycles. The van der Waals surface area contributed by atoms with Crippen LogP contribution in [0.5, 0.6) is 0 Å². The van der Waals surface area contributed by atoms with Crippen molar-refractivity contribution in [2.24, 2.45) is 5.41 Å². The average molecular weight is 319 g/mol. The highest BCUT2D eigenvalue weighted by molar-refractivity contribution is 7.09. The molecule has 3 rings (SSSR count). The van der Waals surface area contributed by atoms with Gasteiger partial charge in [-0.25, -0.2) is 0 Å². The molecule has 0 bridgehead atoms. The Kier molecular flexibility index (Phi) is 5.06. The molecule has 2 aliphatic heterocycles. The molecule has 2 aliphatic rings. The van der Waals surface area contributed by atoms with Crippen molar-refractivity contribution in [2.75, 3.05) is 56.4 Å². The Labute approximate surface area is 130 Å². The quantitative estimate of drug-likeness (QED) is 0.853. The van der Waals surface area contributed by atoms with E-state index in [4.69, 9.17) is 5.73 Å². The first-order chi connectivity index (χ1) is 9.15. The summed E-state index contributed by atoms with van der Waals surface area (Å²) in [7, 11) is 0. The minimum absolute atomic E-state index is 0. The second kappa shape index (κ2) is 6.43. The highest BCUT2D eigenvalue weighted by Gasteiger charge is 2.32. The molecule has 0 aromatic carbocycles. The summed E-state index contributed by atoms with van der Waals surface area (Å²) in [5.74, 6) is 0.395. The van der Waals surface area contributed by atoms with E-state index in [1.807, 2.05) is 0 Å². The Morgan fingerprint density at radius 2 is 2.10 bits per heavy atom. The molecule has 1 unspecified atom stereocenters. The number of nitrogens with two attached hydrogens (primary N) is 1. The zero-order valence-corrected chi connectivity index (χ0v) is 13.5. The van der Waals surface area contributed by atoms with Crippen LogP contribution in [0.25, 0.3) is 0 Å². The van der Waals surface area contributed by atoms with E-state index in [1.54, 1.807) is 0 Å². The molecule has 0 spiro atoms. The summed E-state index contributed by atoms with van der Waals surface area (Å²) < 4.78 is 4.05. The van der Waals surface area contributed by atoms with Gasteiger partial charge in [-0.3, -0.25) is 4.90 Å². The maximum atomic E-state index is 5.58. The highest BCUT2D eigenvalue weighted by Crippen LogP contribution is 2.27. The number of anilines is 2. The molecule has 0 saturated carbocycles. The number of piperazine rings is 1. The molecule has 20 heavy (non-hydrogen) atoms. The lowest BCUT2D eigenvalue weighted by Gasteiger charge is -2.38. The van der Waals surface area contributed by atoms with Gasteiger partial charge in [-0.2, -0.15) is 9.36 Å². The van der Waals surface area contributed by atoms with Crippen LogP contribution in [0.15, 0.2) is 0 Å². The Bertz CT molecular complexity index is 425. The fourth-order valence-electron chi connectivity index (χ4n) is 3.00. The minimum Gasteiger partial charge on any atom is -0.367 e. The molecule has 1 atom stereocenters. The van der Waals surface area contributed by atoms with Gasteiger partial charge in [-0.1, -0.05) is 6.92 Å². The predicted octanol–water partition coefficient (Wildman–Crippen LogP) is 0.664. The highest BCUT2D eigenvalue weighted by atomic mass is 35.5. The van der Waals surface area contributed by atoms with Crippen molar-refractivity contribution in [3.8, 4) is 0 Å². The van der Waals surface area contributed by atoms with Crippen LogP contribution in [0, 0.1) is 5.41 Å². The summed E-state index contributed by atoms with van der Waals surface area (Å²) in [4.78, 5) is 9.13. The lowest BCUT2D eigenvalue weighted by molar-refractivity contribution is 0.169. The normalized spacial score (nSPS) is 27.6.